The second-order valence-electron chi connectivity index (χ2n) is 5.47. The zero-order valence-electron chi connectivity index (χ0n) is 11.3. The quantitative estimate of drug-likeness (QED) is 0.883. The van der Waals surface area contributed by atoms with Crippen LogP contribution in [0.15, 0.2) is 24.3 Å². The van der Waals surface area contributed by atoms with Gasteiger partial charge in [0.25, 0.3) is 5.91 Å². The minimum absolute atomic E-state index is 0.0559. The van der Waals surface area contributed by atoms with Crippen LogP contribution in [0.3, 0.4) is 0 Å². The Morgan fingerprint density at radius 3 is 2.75 bits per heavy atom. The Labute approximate surface area is 117 Å². The molecule has 1 aromatic carbocycles. The van der Waals surface area contributed by atoms with Crippen LogP contribution in [0, 0.1) is 0 Å². The van der Waals surface area contributed by atoms with Gasteiger partial charge in [-0.1, -0.05) is 6.07 Å². The normalized spacial score (nSPS) is 22.6. The van der Waals surface area contributed by atoms with Crippen molar-refractivity contribution >= 4 is 11.9 Å². The lowest BCUT2D eigenvalue weighted by atomic mass is 10.1. The number of fused-ring (bicyclic) bond motifs is 1. The molecule has 1 amide bonds. The third-order valence-electron chi connectivity index (χ3n) is 4.23. The second kappa shape index (κ2) is 5.25. The number of hydrogen-bond acceptors (Lipinski definition) is 3. The summed E-state index contributed by atoms with van der Waals surface area (Å²) in [7, 11) is 0. The third-order valence-corrected chi connectivity index (χ3v) is 4.23. The van der Waals surface area contributed by atoms with E-state index in [4.69, 9.17) is 5.11 Å². The van der Waals surface area contributed by atoms with Crippen LogP contribution in [0.1, 0.15) is 33.6 Å². The summed E-state index contributed by atoms with van der Waals surface area (Å²) in [4.78, 5) is 27.7. The molecule has 2 heterocycles. The van der Waals surface area contributed by atoms with Gasteiger partial charge in [-0.2, -0.15) is 0 Å². The standard InChI is InChI=1S/C15H18N2O3/c18-14(11-3-1-4-12(9-11)15(19)20)17-8-7-16-6-2-5-13(16)10-17/h1,3-4,9,13H,2,5-8,10H2,(H,19,20). The van der Waals surface area contributed by atoms with Gasteiger partial charge in [-0.3, -0.25) is 9.69 Å². The zero-order chi connectivity index (χ0) is 14.1. The van der Waals surface area contributed by atoms with Crippen LogP contribution in [0.5, 0.6) is 0 Å². The number of carboxylic acid groups (broad SMARTS) is 1. The van der Waals surface area contributed by atoms with Gasteiger partial charge in [0.15, 0.2) is 0 Å². The van der Waals surface area contributed by atoms with E-state index in [1.54, 1.807) is 12.1 Å². The van der Waals surface area contributed by atoms with E-state index >= 15 is 0 Å². The summed E-state index contributed by atoms with van der Waals surface area (Å²) >= 11 is 0. The molecule has 1 aromatic rings. The van der Waals surface area contributed by atoms with E-state index in [0.717, 1.165) is 32.6 Å². The first-order valence-corrected chi connectivity index (χ1v) is 7.02. The number of carbonyl (C=O) groups excluding carboxylic acids is 1. The Morgan fingerprint density at radius 1 is 1.15 bits per heavy atom. The zero-order valence-corrected chi connectivity index (χ0v) is 11.3. The molecule has 1 unspecified atom stereocenters. The molecular formula is C15H18N2O3. The average molecular weight is 274 g/mol. The summed E-state index contributed by atoms with van der Waals surface area (Å²) in [5.74, 6) is -1.06. The molecular weight excluding hydrogens is 256 g/mol. The van der Waals surface area contributed by atoms with E-state index in [1.807, 2.05) is 4.90 Å². The summed E-state index contributed by atoms with van der Waals surface area (Å²) in [5, 5.41) is 8.99. The number of hydrogen-bond donors (Lipinski definition) is 1. The molecule has 0 aromatic heterocycles. The summed E-state index contributed by atoms with van der Waals surface area (Å²) in [6.45, 7) is 3.55. The third kappa shape index (κ3) is 2.41. The highest BCUT2D eigenvalue weighted by atomic mass is 16.4. The lowest BCUT2D eigenvalue weighted by molar-refractivity contribution is 0.0571. The van der Waals surface area contributed by atoms with Crippen LogP contribution in [0.2, 0.25) is 0 Å². The van der Waals surface area contributed by atoms with Crippen molar-refractivity contribution in [3.8, 4) is 0 Å². The Kier molecular flexibility index (Phi) is 3.44. The van der Waals surface area contributed by atoms with Crippen LogP contribution in [0.4, 0.5) is 0 Å². The first-order valence-electron chi connectivity index (χ1n) is 7.02. The van der Waals surface area contributed by atoms with E-state index in [9.17, 15) is 9.59 Å². The molecule has 5 nitrogen and oxygen atoms in total. The van der Waals surface area contributed by atoms with Crippen LogP contribution in [0.25, 0.3) is 0 Å². The second-order valence-corrected chi connectivity index (χ2v) is 5.47. The van der Waals surface area contributed by atoms with E-state index in [2.05, 4.69) is 4.90 Å². The molecule has 1 N–H and O–H groups in total. The van der Waals surface area contributed by atoms with Gasteiger partial charge < -0.3 is 10.0 Å². The van der Waals surface area contributed by atoms with Crippen LogP contribution in [-0.4, -0.2) is 59.0 Å². The molecule has 0 bridgehead atoms. The SMILES string of the molecule is O=C(O)c1cccc(C(=O)N2CCN3CCCC3C2)c1. The summed E-state index contributed by atoms with van der Waals surface area (Å²) in [5.41, 5.74) is 0.631. The van der Waals surface area contributed by atoms with Crippen molar-refractivity contribution in [1.82, 2.24) is 9.80 Å². The minimum Gasteiger partial charge on any atom is -0.478 e. The number of piperazine rings is 1. The van der Waals surface area contributed by atoms with Crippen molar-refractivity contribution in [1.29, 1.82) is 0 Å². The molecule has 0 radical (unpaired) electrons. The van der Waals surface area contributed by atoms with E-state index in [0.29, 0.717) is 11.6 Å². The number of aromatic carboxylic acids is 1. The smallest absolute Gasteiger partial charge is 0.335 e. The Balaban J connectivity index is 1.75. The van der Waals surface area contributed by atoms with Crippen LogP contribution >= 0.6 is 0 Å². The summed E-state index contributed by atoms with van der Waals surface area (Å²) in [6.07, 6.45) is 2.36. The predicted octanol–water partition coefficient (Wildman–Crippen LogP) is 1.30. The van der Waals surface area contributed by atoms with Gasteiger partial charge in [0, 0.05) is 31.2 Å². The molecule has 0 aliphatic carbocycles. The number of amides is 1. The van der Waals surface area contributed by atoms with Crippen molar-refractivity contribution < 1.29 is 14.7 Å². The van der Waals surface area contributed by atoms with Gasteiger partial charge in [0.2, 0.25) is 0 Å². The number of nitrogens with zero attached hydrogens (tertiary/aromatic N) is 2. The first kappa shape index (κ1) is 13.1. The molecule has 20 heavy (non-hydrogen) atoms. The van der Waals surface area contributed by atoms with Gasteiger partial charge in [-0.05, 0) is 37.6 Å². The largest absolute Gasteiger partial charge is 0.478 e. The van der Waals surface area contributed by atoms with Crippen molar-refractivity contribution in [2.45, 2.75) is 18.9 Å². The molecule has 5 heteroatoms. The fourth-order valence-corrected chi connectivity index (χ4v) is 3.14. The molecule has 2 aliphatic heterocycles. The molecule has 3 rings (SSSR count). The highest BCUT2D eigenvalue weighted by Crippen LogP contribution is 2.22. The van der Waals surface area contributed by atoms with Gasteiger partial charge in [0.1, 0.15) is 0 Å². The molecule has 2 aliphatic rings. The van der Waals surface area contributed by atoms with E-state index in [-0.39, 0.29) is 11.5 Å². The maximum atomic E-state index is 12.5. The van der Waals surface area contributed by atoms with Crippen molar-refractivity contribution in [3.63, 3.8) is 0 Å². The van der Waals surface area contributed by atoms with Crippen LogP contribution in [-0.2, 0) is 0 Å². The molecule has 0 saturated carbocycles. The molecule has 2 fully saturated rings. The minimum atomic E-state index is -1.000. The maximum absolute atomic E-state index is 12.5. The van der Waals surface area contributed by atoms with Crippen molar-refractivity contribution in [2.24, 2.45) is 0 Å². The fraction of sp³-hybridized carbons (Fsp3) is 0.467. The topological polar surface area (TPSA) is 60.9 Å². The molecule has 1 atom stereocenters. The van der Waals surface area contributed by atoms with Crippen molar-refractivity contribution in [3.05, 3.63) is 35.4 Å². The van der Waals surface area contributed by atoms with Gasteiger partial charge in [-0.25, -0.2) is 4.79 Å². The van der Waals surface area contributed by atoms with E-state index in [1.165, 1.54) is 18.6 Å². The fourth-order valence-electron chi connectivity index (χ4n) is 3.14. The predicted molar refractivity (Wildman–Crippen MR) is 73.9 cm³/mol. The lowest BCUT2D eigenvalue weighted by Crippen LogP contribution is -2.52. The lowest BCUT2D eigenvalue weighted by Gasteiger charge is -2.37. The first-order chi connectivity index (χ1) is 9.65. The van der Waals surface area contributed by atoms with Crippen molar-refractivity contribution in [2.75, 3.05) is 26.2 Å². The molecule has 0 spiro atoms. The van der Waals surface area contributed by atoms with Gasteiger partial charge in [-0.15, -0.1) is 0 Å². The van der Waals surface area contributed by atoms with Crippen LogP contribution < -0.4 is 0 Å². The Hall–Kier alpha value is -1.88. The molecule has 2 saturated heterocycles. The average Bonchev–Trinajstić information content (AvgIpc) is 2.94. The number of carbonyl (C=O) groups is 2. The highest BCUT2D eigenvalue weighted by molar-refractivity contribution is 5.97. The summed E-state index contributed by atoms with van der Waals surface area (Å²) in [6, 6.07) is 6.77. The summed E-state index contributed by atoms with van der Waals surface area (Å²) < 4.78 is 0. The number of rotatable bonds is 2. The maximum Gasteiger partial charge on any atom is 0.335 e. The monoisotopic (exact) mass is 274 g/mol. The number of carboxylic acids is 1. The van der Waals surface area contributed by atoms with Gasteiger partial charge in [0.05, 0.1) is 5.56 Å². The highest BCUT2D eigenvalue weighted by Gasteiger charge is 2.32. The molecule has 106 valence electrons. The van der Waals surface area contributed by atoms with E-state index < -0.39 is 5.97 Å². The van der Waals surface area contributed by atoms with Gasteiger partial charge >= 0.3 is 5.97 Å². The Morgan fingerprint density at radius 2 is 1.95 bits per heavy atom. The number of benzene rings is 1. The Bertz CT molecular complexity index is 544.